The molecule has 0 saturated heterocycles. The number of aliphatic imine (C=N–C) groups is 1. The Morgan fingerprint density at radius 2 is 2.12 bits per heavy atom. The van der Waals surface area contributed by atoms with Gasteiger partial charge in [-0.2, -0.15) is 0 Å². The number of hydrogen-bond acceptors (Lipinski definition) is 5. The Morgan fingerprint density at radius 3 is 2.75 bits per heavy atom. The smallest absolute Gasteiger partial charge is 0.191 e. The molecule has 0 bridgehead atoms. The highest BCUT2D eigenvalue weighted by Gasteiger charge is 2.13. The molecule has 0 aliphatic rings. The number of aryl methyl sites for hydroxylation is 4. The van der Waals surface area contributed by atoms with E-state index in [1.807, 2.05) is 6.92 Å². The van der Waals surface area contributed by atoms with Gasteiger partial charge < -0.3 is 15.2 Å². The molecule has 6 nitrogen and oxygen atoms in total. The van der Waals surface area contributed by atoms with Gasteiger partial charge in [-0.1, -0.05) is 19.0 Å². The van der Waals surface area contributed by atoms with Crippen LogP contribution in [0.15, 0.2) is 14.9 Å². The zero-order valence-electron chi connectivity index (χ0n) is 15.0. The van der Waals surface area contributed by atoms with E-state index in [9.17, 15) is 0 Å². The average Bonchev–Trinajstić information content (AvgIpc) is 3.19. The van der Waals surface area contributed by atoms with E-state index in [4.69, 9.17) is 4.52 Å². The molecule has 132 valence electrons. The fourth-order valence-corrected chi connectivity index (χ4v) is 3.31. The third-order valence-electron chi connectivity index (χ3n) is 3.79. The predicted octanol–water partition coefficient (Wildman–Crippen LogP) is 2.86. The Morgan fingerprint density at radius 1 is 1.29 bits per heavy atom. The third-order valence-corrected chi connectivity index (χ3v) is 4.82. The molecule has 0 fully saturated rings. The summed E-state index contributed by atoms with van der Waals surface area (Å²) in [5.41, 5.74) is 3.28. The van der Waals surface area contributed by atoms with Crippen LogP contribution in [-0.4, -0.2) is 29.7 Å². The van der Waals surface area contributed by atoms with E-state index in [0.717, 1.165) is 60.9 Å². The first-order valence-electron chi connectivity index (χ1n) is 8.49. The molecule has 0 radical (unpaired) electrons. The van der Waals surface area contributed by atoms with Gasteiger partial charge in [-0.05, 0) is 19.8 Å². The number of nitrogens with one attached hydrogen (secondary N) is 2. The van der Waals surface area contributed by atoms with E-state index in [1.165, 1.54) is 5.01 Å². The van der Waals surface area contributed by atoms with Gasteiger partial charge in [-0.25, -0.2) is 4.98 Å². The Hall–Kier alpha value is -1.89. The molecule has 0 unspecified atom stereocenters. The van der Waals surface area contributed by atoms with Gasteiger partial charge in [0.05, 0.1) is 10.7 Å². The molecule has 7 heteroatoms. The third kappa shape index (κ3) is 5.06. The van der Waals surface area contributed by atoms with Crippen LogP contribution in [0.5, 0.6) is 0 Å². The Labute approximate surface area is 147 Å². The summed E-state index contributed by atoms with van der Waals surface area (Å²) < 4.78 is 5.40. The van der Waals surface area contributed by atoms with Crippen LogP contribution in [0.25, 0.3) is 0 Å². The van der Waals surface area contributed by atoms with Crippen LogP contribution in [0.3, 0.4) is 0 Å². The van der Waals surface area contributed by atoms with Gasteiger partial charge in [-0.15, -0.1) is 11.3 Å². The number of aromatic nitrogens is 2. The molecule has 0 amide bonds. The first kappa shape index (κ1) is 18.4. The largest absolute Gasteiger partial charge is 0.361 e. The summed E-state index contributed by atoms with van der Waals surface area (Å²) in [5.74, 6) is 1.75. The second kappa shape index (κ2) is 9.42. The minimum atomic E-state index is 0.682. The maximum Gasteiger partial charge on any atom is 0.191 e. The zero-order chi connectivity index (χ0) is 17.4. The molecule has 0 aliphatic heterocycles. The molecule has 2 N–H and O–H groups in total. The van der Waals surface area contributed by atoms with Crippen LogP contribution in [0, 0.1) is 6.92 Å². The highest BCUT2D eigenvalue weighted by molar-refractivity contribution is 7.09. The van der Waals surface area contributed by atoms with Gasteiger partial charge in [0.1, 0.15) is 5.76 Å². The molecule has 2 aromatic rings. The molecule has 2 rings (SSSR count). The van der Waals surface area contributed by atoms with Gasteiger partial charge in [0.25, 0.3) is 0 Å². The van der Waals surface area contributed by atoms with Crippen molar-refractivity contribution in [1.82, 2.24) is 20.8 Å². The maximum absolute atomic E-state index is 5.40. The molecule has 2 heterocycles. The summed E-state index contributed by atoms with van der Waals surface area (Å²) in [6, 6.07) is 0. The van der Waals surface area contributed by atoms with Crippen LogP contribution in [-0.2, 0) is 25.8 Å². The first-order chi connectivity index (χ1) is 11.7. The molecule has 2 aromatic heterocycles. The lowest BCUT2D eigenvalue weighted by Gasteiger charge is -2.12. The summed E-state index contributed by atoms with van der Waals surface area (Å²) in [5, 5.41) is 14.1. The number of nitrogens with zero attached hydrogens (tertiary/aromatic N) is 3. The molecular weight excluding hydrogens is 322 g/mol. The van der Waals surface area contributed by atoms with Crippen LogP contribution in [0.1, 0.15) is 48.0 Å². The number of hydrogen-bond donors (Lipinski definition) is 2. The van der Waals surface area contributed by atoms with Crippen molar-refractivity contribution in [1.29, 1.82) is 0 Å². The minimum absolute atomic E-state index is 0.682. The molecule has 0 aliphatic carbocycles. The Bertz CT molecular complexity index is 640. The first-order valence-corrected chi connectivity index (χ1v) is 9.37. The number of guanidine groups is 1. The standard InChI is InChI=1S/C17H27N5OS/c1-5-14-13(15(6-2)23-22-14)10-20-17(18-4)19-9-7-8-16-21-12(3)11-24-16/h11H,5-10H2,1-4H3,(H2,18,19,20). The number of thiazole rings is 1. The normalized spacial score (nSPS) is 11.8. The van der Waals surface area contributed by atoms with E-state index >= 15 is 0 Å². The lowest BCUT2D eigenvalue weighted by atomic mass is 10.1. The van der Waals surface area contributed by atoms with E-state index in [-0.39, 0.29) is 0 Å². The second-order valence-corrected chi connectivity index (χ2v) is 6.52. The van der Waals surface area contributed by atoms with Crippen molar-refractivity contribution in [2.24, 2.45) is 4.99 Å². The number of rotatable bonds is 8. The zero-order valence-corrected chi connectivity index (χ0v) is 15.8. The van der Waals surface area contributed by atoms with Crippen molar-refractivity contribution in [2.75, 3.05) is 13.6 Å². The average molecular weight is 350 g/mol. The maximum atomic E-state index is 5.40. The van der Waals surface area contributed by atoms with Crippen LogP contribution >= 0.6 is 11.3 Å². The summed E-state index contributed by atoms with van der Waals surface area (Å²) in [7, 11) is 1.79. The Kier molecular flexibility index (Phi) is 7.24. The predicted molar refractivity (Wildman–Crippen MR) is 98.6 cm³/mol. The summed E-state index contributed by atoms with van der Waals surface area (Å²) in [6.07, 6.45) is 3.75. The van der Waals surface area contributed by atoms with Crippen molar-refractivity contribution in [3.63, 3.8) is 0 Å². The van der Waals surface area contributed by atoms with Crippen molar-refractivity contribution in [3.05, 3.63) is 33.1 Å². The van der Waals surface area contributed by atoms with Gasteiger partial charge in [0.15, 0.2) is 5.96 Å². The van der Waals surface area contributed by atoms with Crippen LogP contribution in [0.4, 0.5) is 0 Å². The van der Waals surface area contributed by atoms with Crippen molar-refractivity contribution in [2.45, 2.75) is 53.0 Å². The summed E-state index contributed by atoms with van der Waals surface area (Å²) in [6.45, 7) is 7.75. The van der Waals surface area contributed by atoms with Crippen molar-refractivity contribution < 1.29 is 4.52 Å². The van der Waals surface area contributed by atoms with E-state index in [2.05, 4.69) is 45.0 Å². The lowest BCUT2D eigenvalue weighted by Crippen LogP contribution is -2.37. The molecule has 0 spiro atoms. The summed E-state index contributed by atoms with van der Waals surface area (Å²) in [4.78, 5) is 8.76. The minimum Gasteiger partial charge on any atom is -0.361 e. The fraction of sp³-hybridized carbons (Fsp3) is 0.588. The van der Waals surface area contributed by atoms with Crippen LogP contribution < -0.4 is 10.6 Å². The highest BCUT2D eigenvalue weighted by atomic mass is 32.1. The van der Waals surface area contributed by atoms with E-state index in [1.54, 1.807) is 18.4 Å². The molecule has 0 saturated carbocycles. The van der Waals surface area contributed by atoms with E-state index in [0.29, 0.717) is 6.54 Å². The van der Waals surface area contributed by atoms with Gasteiger partial charge >= 0.3 is 0 Å². The topological polar surface area (TPSA) is 75.3 Å². The van der Waals surface area contributed by atoms with Crippen LogP contribution in [0.2, 0.25) is 0 Å². The van der Waals surface area contributed by atoms with Gasteiger partial charge in [0, 0.05) is 49.6 Å². The van der Waals surface area contributed by atoms with Gasteiger partial charge in [-0.3, -0.25) is 4.99 Å². The van der Waals surface area contributed by atoms with Crippen molar-refractivity contribution in [3.8, 4) is 0 Å². The lowest BCUT2D eigenvalue weighted by molar-refractivity contribution is 0.380. The highest BCUT2D eigenvalue weighted by Crippen LogP contribution is 2.15. The quantitative estimate of drug-likeness (QED) is 0.435. The monoisotopic (exact) mass is 349 g/mol. The SMILES string of the molecule is CCc1noc(CC)c1CNC(=NC)NCCCc1nc(C)cs1. The molecule has 0 atom stereocenters. The summed E-state index contributed by atoms with van der Waals surface area (Å²) >= 11 is 1.73. The Balaban J connectivity index is 1.77. The van der Waals surface area contributed by atoms with Gasteiger partial charge in [0.2, 0.25) is 0 Å². The molecule has 24 heavy (non-hydrogen) atoms. The molecule has 0 aromatic carbocycles. The van der Waals surface area contributed by atoms with E-state index < -0.39 is 0 Å². The molecular formula is C17H27N5OS. The second-order valence-electron chi connectivity index (χ2n) is 5.58. The fourth-order valence-electron chi connectivity index (χ4n) is 2.49. The van der Waals surface area contributed by atoms with Crippen molar-refractivity contribution >= 4 is 17.3 Å².